The fourth-order valence-electron chi connectivity index (χ4n) is 2.68. The Labute approximate surface area is 161 Å². The maximum atomic E-state index is 12.9. The lowest BCUT2D eigenvalue weighted by Crippen LogP contribution is -2.47. The van der Waals surface area contributed by atoms with E-state index < -0.39 is 23.7 Å². The molecule has 0 aliphatic rings. The highest BCUT2D eigenvalue weighted by Gasteiger charge is 2.17. The Balaban J connectivity index is 1.64. The van der Waals surface area contributed by atoms with Crippen LogP contribution in [0.4, 0.5) is 4.39 Å². The topological polar surface area (TPSA) is 80.3 Å². The Morgan fingerprint density at radius 1 is 1.04 bits per heavy atom. The lowest BCUT2D eigenvalue weighted by Gasteiger charge is -2.15. The molecule has 1 unspecified atom stereocenters. The van der Waals surface area contributed by atoms with Crippen LogP contribution in [0.5, 0.6) is 5.75 Å². The molecule has 0 saturated carbocycles. The Kier molecular flexibility index (Phi) is 5.54. The number of hydrogen-bond donors (Lipinski definition) is 2. The predicted octanol–water partition coefficient (Wildman–Crippen LogP) is 3.22. The molecule has 0 bridgehead atoms. The summed E-state index contributed by atoms with van der Waals surface area (Å²) in [5, 5.41) is 0.843. The van der Waals surface area contributed by atoms with Gasteiger partial charge >= 0.3 is 0 Å². The Bertz CT molecular complexity index is 1030. The molecule has 0 spiro atoms. The number of amides is 2. The van der Waals surface area contributed by atoms with Crippen LogP contribution < -0.4 is 15.6 Å². The number of carbonyl (C=O) groups excluding carboxylic acids is 2. The molecule has 0 aliphatic carbocycles. The highest BCUT2D eigenvalue weighted by molar-refractivity contribution is 5.99. The first-order valence-electron chi connectivity index (χ1n) is 8.74. The van der Waals surface area contributed by atoms with Crippen molar-refractivity contribution in [3.05, 3.63) is 71.2 Å². The van der Waals surface area contributed by atoms with Crippen molar-refractivity contribution in [1.82, 2.24) is 15.8 Å². The number of pyridine rings is 1. The number of fused-ring (bicyclic) bond motifs is 1. The molecule has 0 radical (unpaired) electrons. The summed E-state index contributed by atoms with van der Waals surface area (Å²) in [6.45, 7) is 5.22. The van der Waals surface area contributed by atoms with Crippen LogP contribution in [0, 0.1) is 19.7 Å². The highest BCUT2D eigenvalue weighted by Crippen LogP contribution is 2.18. The lowest BCUT2D eigenvalue weighted by molar-refractivity contribution is -0.128. The summed E-state index contributed by atoms with van der Waals surface area (Å²) >= 11 is 0. The van der Waals surface area contributed by atoms with Gasteiger partial charge in [-0.3, -0.25) is 25.4 Å². The summed E-state index contributed by atoms with van der Waals surface area (Å²) in [4.78, 5) is 29.1. The molecule has 1 aromatic heterocycles. The number of ether oxygens (including phenoxy) is 1. The first-order chi connectivity index (χ1) is 13.3. The zero-order chi connectivity index (χ0) is 20.3. The lowest BCUT2D eigenvalue weighted by atomic mass is 10.1. The summed E-state index contributed by atoms with van der Waals surface area (Å²) < 4.78 is 18.3. The second-order valence-corrected chi connectivity index (χ2v) is 6.47. The number of nitrogens with one attached hydrogen (secondary N) is 2. The molecule has 28 heavy (non-hydrogen) atoms. The molecule has 1 atom stereocenters. The van der Waals surface area contributed by atoms with Crippen molar-refractivity contribution in [3.8, 4) is 5.75 Å². The van der Waals surface area contributed by atoms with Gasteiger partial charge < -0.3 is 4.74 Å². The molecule has 6 nitrogen and oxygen atoms in total. The van der Waals surface area contributed by atoms with Crippen LogP contribution in [0.2, 0.25) is 0 Å². The van der Waals surface area contributed by atoms with Gasteiger partial charge in [-0.2, -0.15) is 0 Å². The number of aromatic nitrogens is 1. The van der Waals surface area contributed by atoms with Crippen molar-refractivity contribution in [2.24, 2.45) is 0 Å². The van der Waals surface area contributed by atoms with Crippen LogP contribution >= 0.6 is 0 Å². The second-order valence-electron chi connectivity index (χ2n) is 6.47. The standard InChI is InChI=1S/C21H20FN3O3/c1-12-4-9-19-15(10-12)11-18(13(2)23-19)21(27)25-24-20(26)14(3)28-17-7-5-16(22)6-8-17/h4-11,14H,1-3H3,(H,24,26)(H,25,27). The van der Waals surface area contributed by atoms with E-state index in [4.69, 9.17) is 4.74 Å². The fraction of sp³-hybridized carbons (Fsp3) is 0.190. The van der Waals surface area contributed by atoms with Crippen LogP contribution in [-0.4, -0.2) is 22.9 Å². The zero-order valence-electron chi connectivity index (χ0n) is 15.7. The molecule has 0 aliphatic heterocycles. The van der Waals surface area contributed by atoms with Crippen molar-refractivity contribution < 1.29 is 18.7 Å². The molecular formula is C21H20FN3O3. The van der Waals surface area contributed by atoms with Crippen LogP contribution in [-0.2, 0) is 4.79 Å². The fourth-order valence-corrected chi connectivity index (χ4v) is 2.68. The van der Waals surface area contributed by atoms with E-state index in [1.807, 2.05) is 25.1 Å². The summed E-state index contributed by atoms with van der Waals surface area (Å²) in [5.41, 5.74) is 7.49. The SMILES string of the molecule is Cc1ccc2nc(C)c(C(=O)NNC(=O)C(C)Oc3ccc(F)cc3)cc2c1. The molecular weight excluding hydrogens is 361 g/mol. The molecule has 3 rings (SSSR count). The van der Waals surface area contributed by atoms with Crippen LogP contribution in [0.25, 0.3) is 10.9 Å². The van der Waals surface area contributed by atoms with Gasteiger partial charge in [-0.15, -0.1) is 0 Å². The number of rotatable bonds is 4. The molecule has 3 aromatic rings. The Hall–Kier alpha value is -3.48. The summed E-state index contributed by atoms with van der Waals surface area (Å²) in [5.74, 6) is -1.07. The third kappa shape index (κ3) is 4.43. The molecule has 144 valence electrons. The number of hydrogen-bond acceptors (Lipinski definition) is 4. The maximum Gasteiger partial charge on any atom is 0.279 e. The van der Waals surface area contributed by atoms with Crippen molar-refractivity contribution in [1.29, 1.82) is 0 Å². The average Bonchev–Trinajstić information content (AvgIpc) is 2.67. The van der Waals surface area contributed by atoms with Gasteiger partial charge in [0, 0.05) is 5.39 Å². The molecule has 2 aromatic carbocycles. The predicted molar refractivity (Wildman–Crippen MR) is 103 cm³/mol. The van der Waals surface area contributed by atoms with E-state index in [2.05, 4.69) is 15.8 Å². The molecule has 0 saturated heterocycles. The Morgan fingerprint density at radius 2 is 1.75 bits per heavy atom. The van der Waals surface area contributed by atoms with Gasteiger partial charge in [0.15, 0.2) is 6.10 Å². The monoisotopic (exact) mass is 381 g/mol. The molecule has 7 heteroatoms. The smallest absolute Gasteiger partial charge is 0.279 e. The van der Waals surface area contributed by atoms with Crippen molar-refractivity contribution in [2.75, 3.05) is 0 Å². The van der Waals surface area contributed by atoms with Crippen molar-refractivity contribution in [3.63, 3.8) is 0 Å². The van der Waals surface area contributed by atoms with Gasteiger partial charge in [-0.25, -0.2) is 4.39 Å². The number of hydrazine groups is 1. The quantitative estimate of drug-likeness (QED) is 0.680. The van der Waals surface area contributed by atoms with Gasteiger partial charge in [-0.05, 0) is 63.2 Å². The summed E-state index contributed by atoms with van der Waals surface area (Å²) in [7, 11) is 0. The van der Waals surface area contributed by atoms with Gasteiger partial charge in [0.25, 0.3) is 11.8 Å². The average molecular weight is 381 g/mol. The van der Waals surface area contributed by atoms with E-state index in [0.29, 0.717) is 17.0 Å². The number of benzene rings is 2. The first-order valence-corrected chi connectivity index (χ1v) is 8.74. The van der Waals surface area contributed by atoms with Gasteiger partial charge in [0.1, 0.15) is 11.6 Å². The summed E-state index contributed by atoms with van der Waals surface area (Å²) in [6.07, 6.45) is -0.885. The van der Waals surface area contributed by atoms with E-state index in [1.165, 1.54) is 31.2 Å². The van der Waals surface area contributed by atoms with E-state index in [0.717, 1.165) is 16.5 Å². The molecule has 2 amide bonds. The minimum absolute atomic E-state index is 0.348. The van der Waals surface area contributed by atoms with Gasteiger partial charge in [-0.1, -0.05) is 11.6 Å². The van der Waals surface area contributed by atoms with E-state index in [9.17, 15) is 14.0 Å². The third-order valence-electron chi connectivity index (χ3n) is 4.20. The normalized spacial score (nSPS) is 11.7. The summed E-state index contributed by atoms with van der Waals surface area (Å²) in [6, 6.07) is 12.8. The van der Waals surface area contributed by atoms with Gasteiger partial charge in [0.2, 0.25) is 0 Å². The number of nitrogens with zero attached hydrogens (tertiary/aromatic N) is 1. The highest BCUT2D eigenvalue weighted by atomic mass is 19.1. The van der Waals surface area contributed by atoms with Crippen LogP contribution in [0.3, 0.4) is 0 Å². The van der Waals surface area contributed by atoms with Crippen LogP contribution in [0.1, 0.15) is 28.5 Å². The minimum atomic E-state index is -0.885. The number of aryl methyl sites for hydroxylation is 2. The third-order valence-corrected chi connectivity index (χ3v) is 4.20. The molecule has 2 N–H and O–H groups in total. The van der Waals surface area contributed by atoms with Crippen LogP contribution in [0.15, 0.2) is 48.5 Å². The molecule has 1 heterocycles. The van der Waals surface area contributed by atoms with E-state index in [1.54, 1.807) is 13.0 Å². The van der Waals surface area contributed by atoms with Crippen molar-refractivity contribution in [2.45, 2.75) is 26.9 Å². The number of halogens is 1. The minimum Gasteiger partial charge on any atom is -0.481 e. The largest absolute Gasteiger partial charge is 0.481 e. The van der Waals surface area contributed by atoms with Gasteiger partial charge in [0.05, 0.1) is 16.8 Å². The second kappa shape index (κ2) is 8.04. The zero-order valence-corrected chi connectivity index (χ0v) is 15.7. The van der Waals surface area contributed by atoms with Crippen molar-refractivity contribution >= 4 is 22.7 Å². The van der Waals surface area contributed by atoms with E-state index in [-0.39, 0.29) is 0 Å². The maximum absolute atomic E-state index is 12.9. The first kappa shape index (κ1) is 19.3. The number of carbonyl (C=O) groups is 2. The Morgan fingerprint density at radius 3 is 2.46 bits per heavy atom. The van der Waals surface area contributed by atoms with E-state index >= 15 is 0 Å². The molecule has 0 fully saturated rings.